The first kappa shape index (κ1) is 17.3. The summed E-state index contributed by atoms with van der Waals surface area (Å²) in [4.78, 5) is 19.2. The molecule has 0 radical (unpaired) electrons. The Bertz CT molecular complexity index is 1010. The van der Waals surface area contributed by atoms with Gasteiger partial charge in [0.1, 0.15) is 12.4 Å². The maximum absolute atomic E-state index is 12.2. The number of hydrogen-bond donors (Lipinski definition) is 1. The molecular weight excluding hydrogens is 359 g/mol. The van der Waals surface area contributed by atoms with Gasteiger partial charge in [-0.05, 0) is 42.0 Å². The van der Waals surface area contributed by atoms with E-state index in [1.807, 2.05) is 24.3 Å². The van der Waals surface area contributed by atoms with Crippen molar-refractivity contribution in [3.05, 3.63) is 81.9 Å². The molecule has 2 aromatic carbocycles. The number of hydrogen-bond acceptors (Lipinski definition) is 3. The number of nitrogens with zero attached hydrogens (tertiary/aromatic N) is 1. The zero-order valence-corrected chi connectivity index (χ0v) is 14.6. The van der Waals surface area contributed by atoms with Crippen molar-refractivity contribution in [1.82, 2.24) is 9.97 Å². The highest BCUT2D eigenvalue weighted by Gasteiger charge is 2.07. The number of halogens is 2. The zero-order chi connectivity index (χ0) is 17.8. The van der Waals surface area contributed by atoms with Crippen LogP contribution in [-0.4, -0.2) is 16.6 Å². The smallest absolute Gasteiger partial charge is 0.259 e. The van der Waals surface area contributed by atoms with Crippen LogP contribution in [0.1, 0.15) is 11.4 Å². The van der Waals surface area contributed by atoms with Crippen molar-refractivity contribution in [2.75, 3.05) is 6.61 Å². The average Bonchev–Trinajstić information content (AvgIpc) is 2.61. The fraction of sp³-hybridized carbons (Fsp3) is 0.0526. The quantitative estimate of drug-likeness (QED) is 0.649. The van der Waals surface area contributed by atoms with Crippen LogP contribution in [0.4, 0.5) is 0 Å². The minimum atomic E-state index is -0.290. The van der Waals surface area contributed by atoms with E-state index >= 15 is 0 Å². The number of nitrogens with one attached hydrogen (secondary N) is 1. The highest BCUT2D eigenvalue weighted by atomic mass is 35.5. The van der Waals surface area contributed by atoms with Crippen LogP contribution in [0, 0.1) is 0 Å². The molecule has 0 spiro atoms. The molecule has 3 aromatic rings. The van der Waals surface area contributed by atoms with Gasteiger partial charge in [-0.15, -0.1) is 0 Å². The first-order valence-corrected chi connectivity index (χ1v) is 8.23. The van der Waals surface area contributed by atoms with Crippen molar-refractivity contribution in [3.8, 4) is 5.75 Å². The Kier molecular flexibility index (Phi) is 5.22. The average molecular weight is 373 g/mol. The Morgan fingerprint density at radius 3 is 2.72 bits per heavy atom. The lowest BCUT2D eigenvalue weighted by Gasteiger charge is -2.04. The standard InChI is InChI=1S/C19H14Cl2N2O2/c1-2-9-25-14-6-3-12(4-7-14)10-16(21)18-22-17-8-5-13(20)11-15(17)19(24)23-18/h2-8,10-11H,1,9H2,(H,22,23,24)/b16-10-. The fourth-order valence-corrected chi connectivity index (χ4v) is 2.64. The van der Waals surface area contributed by atoms with Crippen LogP contribution >= 0.6 is 23.2 Å². The number of H-pyrrole nitrogens is 1. The zero-order valence-electron chi connectivity index (χ0n) is 13.1. The summed E-state index contributed by atoms with van der Waals surface area (Å²) in [6, 6.07) is 12.3. The van der Waals surface area contributed by atoms with E-state index in [0.29, 0.717) is 33.4 Å². The summed E-state index contributed by atoms with van der Waals surface area (Å²) in [5.41, 5.74) is 1.10. The van der Waals surface area contributed by atoms with Gasteiger partial charge in [0.2, 0.25) is 0 Å². The molecule has 0 unspecified atom stereocenters. The third kappa shape index (κ3) is 4.10. The minimum Gasteiger partial charge on any atom is -0.490 e. The third-order valence-electron chi connectivity index (χ3n) is 3.43. The summed E-state index contributed by atoms with van der Waals surface area (Å²) in [7, 11) is 0. The summed E-state index contributed by atoms with van der Waals surface area (Å²) in [5.74, 6) is 1.04. The van der Waals surface area contributed by atoms with Crippen LogP contribution in [0.3, 0.4) is 0 Å². The molecule has 0 amide bonds. The Labute approximate surface area is 154 Å². The molecule has 0 bridgehead atoms. The van der Waals surface area contributed by atoms with Gasteiger partial charge in [0.05, 0.1) is 15.9 Å². The summed E-state index contributed by atoms with van der Waals surface area (Å²) in [5, 5.41) is 1.23. The Balaban J connectivity index is 1.91. The molecule has 25 heavy (non-hydrogen) atoms. The maximum Gasteiger partial charge on any atom is 0.259 e. The number of fused-ring (bicyclic) bond motifs is 1. The van der Waals surface area contributed by atoms with Crippen molar-refractivity contribution in [2.24, 2.45) is 0 Å². The van der Waals surface area contributed by atoms with E-state index in [0.717, 1.165) is 11.3 Å². The van der Waals surface area contributed by atoms with E-state index in [4.69, 9.17) is 27.9 Å². The third-order valence-corrected chi connectivity index (χ3v) is 3.96. The lowest BCUT2D eigenvalue weighted by atomic mass is 10.2. The minimum absolute atomic E-state index is 0.290. The molecule has 0 aliphatic rings. The molecular formula is C19H14Cl2N2O2. The molecule has 0 atom stereocenters. The van der Waals surface area contributed by atoms with E-state index in [1.165, 1.54) is 0 Å². The Morgan fingerprint density at radius 2 is 2.00 bits per heavy atom. The molecule has 3 rings (SSSR count). The highest BCUT2D eigenvalue weighted by molar-refractivity contribution is 6.50. The van der Waals surface area contributed by atoms with Crippen molar-refractivity contribution in [1.29, 1.82) is 0 Å². The number of aromatic amines is 1. The lowest BCUT2D eigenvalue weighted by Crippen LogP contribution is -2.10. The topological polar surface area (TPSA) is 55.0 Å². The van der Waals surface area contributed by atoms with Crippen LogP contribution in [0.2, 0.25) is 5.02 Å². The van der Waals surface area contributed by atoms with Crippen LogP contribution < -0.4 is 10.3 Å². The molecule has 6 heteroatoms. The lowest BCUT2D eigenvalue weighted by molar-refractivity contribution is 0.363. The molecule has 1 heterocycles. The summed E-state index contributed by atoms with van der Waals surface area (Å²) >= 11 is 12.2. The summed E-state index contributed by atoms with van der Waals surface area (Å²) < 4.78 is 5.43. The molecule has 0 saturated heterocycles. The normalized spacial score (nSPS) is 11.5. The second kappa shape index (κ2) is 7.55. The Morgan fingerprint density at radius 1 is 1.24 bits per heavy atom. The predicted molar refractivity (Wildman–Crippen MR) is 103 cm³/mol. The van der Waals surface area contributed by atoms with Gasteiger partial charge < -0.3 is 9.72 Å². The van der Waals surface area contributed by atoms with Gasteiger partial charge in [0, 0.05) is 5.02 Å². The van der Waals surface area contributed by atoms with Gasteiger partial charge >= 0.3 is 0 Å². The molecule has 126 valence electrons. The number of ether oxygens (including phenoxy) is 1. The van der Waals surface area contributed by atoms with Crippen molar-refractivity contribution in [3.63, 3.8) is 0 Å². The van der Waals surface area contributed by atoms with Gasteiger partial charge in [-0.25, -0.2) is 4.98 Å². The largest absolute Gasteiger partial charge is 0.490 e. The Hall–Kier alpha value is -2.56. The van der Waals surface area contributed by atoms with Crippen molar-refractivity contribution < 1.29 is 4.74 Å². The first-order valence-electron chi connectivity index (χ1n) is 7.48. The maximum atomic E-state index is 12.2. The number of benzene rings is 2. The SMILES string of the molecule is C=CCOc1ccc(/C=C(\Cl)c2nc3ccc(Cl)cc3c(=O)[nH]2)cc1. The summed E-state index contributed by atoms with van der Waals surface area (Å²) in [6.45, 7) is 4.05. The van der Waals surface area contributed by atoms with Crippen LogP contribution in [0.5, 0.6) is 5.75 Å². The van der Waals surface area contributed by atoms with Crippen molar-refractivity contribution in [2.45, 2.75) is 0 Å². The van der Waals surface area contributed by atoms with Crippen LogP contribution in [0.15, 0.2) is 59.9 Å². The molecule has 0 saturated carbocycles. The molecule has 1 N–H and O–H groups in total. The predicted octanol–water partition coefficient (Wildman–Crippen LogP) is 4.88. The summed E-state index contributed by atoms with van der Waals surface area (Å²) in [6.07, 6.45) is 3.40. The molecule has 4 nitrogen and oxygen atoms in total. The van der Waals surface area contributed by atoms with Gasteiger partial charge in [-0.3, -0.25) is 4.79 Å². The first-order chi connectivity index (χ1) is 12.1. The molecule has 0 aliphatic carbocycles. The second-order valence-electron chi connectivity index (χ2n) is 5.24. The molecule has 1 aromatic heterocycles. The monoisotopic (exact) mass is 372 g/mol. The van der Waals surface area contributed by atoms with Gasteiger partial charge in [-0.2, -0.15) is 0 Å². The van der Waals surface area contributed by atoms with E-state index in [2.05, 4.69) is 16.5 Å². The van der Waals surface area contributed by atoms with Crippen LogP contribution in [0.25, 0.3) is 22.0 Å². The van der Waals surface area contributed by atoms with E-state index < -0.39 is 0 Å². The number of rotatable bonds is 5. The van der Waals surface area contributed by atoms with Gasteiger partial charge in [0.15, 0.2) is 5.82 Å². The molecule has 0 aliphatic heterocycles. The van der Waals surface area contributed by atoms with E-state index in [1.54, 1.807) is 30.4 Å². The van der Waals surface area contributed by atoms with E-state index in [9.17, 15) is 4.79 Å². The number of aromatic nitrogens is 2. The molecule has 0 fully saturated rings. The highest BCUT2D eigenvalue weighted by Crippen LogP contribution is 2.22. The van der Waals surface area contributed by atoms with Crippen LogP contribution in [-0.2, 0) is 0 Å². The van der Waals surface area contributed by atoms with Gasteiger partial charge in [-0.1, -0.05) is 48.0 Å². The fourth-order valence-electron chi connectivity index (χ4n) is 2.25. The van der Waals surface area contributed by atoms with E-state index in [-0.39, 0.29) is 5.56 Å². The van der Waals surface area contributed by atoms with Gasteiger partial charge in [0.25, 0.3) is 5.56 Å². The van der Waals surface area contributed by atoms with Crippen molar-refractivity contribution >= 4 is 45.2 Å². The second-order valence-corrected chi connectivity index (χ2v) is 6.08.